The highest BCUT2D eigenvalue weighted by Crippen LogP contribution is 2.30. The quantitative estimate of drug-likeness (QED) is 0.598. The van der Waals surface area contributed by atoms with Gasteiger partial charge in [-0.25, -0.2) is 4.79 Å². The highest BCUT2D eigenvalue weighted by Gasteiger charge is 2.46. The number of ether oxygens (including phenoxy) is 2. The molecule has 1 aromatic carbocycles. The number of hydrogen-bond acceptors (Lipinski definition) is 7. The Hall–Kier alpha value is -2.38. The van der Waals surface area contributed by atoms with Crippen molar-refractivity contribution < 1.29 is 23.8 Å². The second kappa shape index (κ2) is 8.16. The van der Waals surface area contributed by atoms with Crippen LogP contribution in [0.15, 0.2) is 39.5 Å². The summed E-state index contributed by atoms with van der Waals surface area (Å²) in [6.45, 7) is 9.12. The molecule has 0 radical (unpaired) electrons. The molecule has 7 heteroatoms. The first-order chi connectivity index (χ1) is 13.6. The highest BCUT2D eigenvalue weighted by molar-refractivity contribution is 5.80. The lowest BCUT2D eigenvalue weighted by molar-refractivity contribution is -0.199. The Morgan fingerprint density at radius 3 is 2.59 bits per heavy atom. The molecule has 1 aliphatic heterocycles. The summed E-state index contributed by atoms with van der Waals surface area (Å²) < 4.78 is 17.0. The molecule has 2 heterocycles. The zero-order valence-corrected chi connectivity index (χ0v) is 17.5. The van der Waals surface area contributed by atoms with E-state index in [0.29, 0.717) is 17.7 Å². The van der Waals surface area contributed by atoms with E-state index >= 15 is 0 Å². The Labute approximate surface area is 170 Å². The molecule has 0 aliphatic carbocycles. The van der Waals surface area contributed by atoms with Crippen LogP contribution >= 0.6 is 0 Å². The number of esters is 1. The van der Waals surface area contributed by atoms with Crippen molar-refractivity contribution in [1.82, 2.24) is 0 Å². The summed E-state index contributed by atoms with van der Waals surface area (Å²) in [4.78, 5) is 24.1. The van der Waals surface area contributed by atoms with Crippen LogP contribution in [0, 0.1) is 5.41 Å². The van der Waals surface area contributed by atoms with E-state index in [4.69, 9.17) is 13.9 Å². The lowest BCUT2D eigenvalue weighted by Crippen LogP contribution is -2.61. The van der Waals surface area contributed by atoms with Crippen molar-refractivity contribution in [3.63, 3.8) is 0 Å². The summed E-state index contributed by atoms with van der Waals surface area (Å²) in [5.74, 6) is -0.387. The first-order valence-electron chi connectivity index (χ1n) is 9.95. The van der Waals surface area contributed by atoms with Gasteiger partial charge in [-0.1, -0.05) is 6.92 Å². The van der Waals surface area contributed by atoms with Gasteiger partial charge in [0, 0.05) is 23.2 Å². The molecule has 7 nitrogen and oxygen atoms in total. The summed E-state index contributed by atoms with van der Waals surface area (Å²) in [6, 6.07) is 7.97. The van der Waals surface area contributed by atoms with Crippen molar-refractivity contribution in [3.8, 4) is 0 Å². The van der Waals surface area contributed by atoms with E-state index in [9.17, 15) is 14.7 Å². The zero-order valence-electron chi connectivity index (χ0n) is 17.5. The van der Waals surface area contributed by atoms with Crippen molar-refractivity contribution in [1.29, 1.82) is 0 Å². The number of aliphatic hydroxyl groups is 1. The lowest BCUT2D eigenvalue weighted by Gasteiger charge is -2.44. The Morgan fingerprint density at radius 1 is 1.24 bits per heavy atom. The molecule has 0 amide bonds. The van der Waals surface area contributed by atoms with Crippen LogP contribution in [0.2, 0.25) is 0 Å². The minimum absolute atomic E-state index is 0.320. The van der Waals surface area contributed by atoms with Gasteiger partial charge in [0.2, 0.25) is 0 Å². The largest absolute Gasteiger partial charge is 0.457 e. The number of benzene rings is 1. The highest BCUT2D eigenvalue weighted by atomic mass is 16.6. The first-order valence-corrected chi connectivity index (χ1v) is 9.95. The van der Waals surface area contributed by atoms with E-state index in [1.165, 1.54) is 6.07 Å². The molecule has 1 fully saturated rings. The van der Waals surface area contributed by atoms with Gasteiger partial charge in [0.25, 0.3) is 0 Å². The van der Waals surface area contributed by atoms with Crippen LogP contribution < -0.4 is 10.9 Å². The van der Waals surface area contributed by atoms with Crippen LogP contribution in [0.3, 0.4) is 0 Å². The van der Waals surface area contributed by atoms with Gasteiger partial charge in [0.05, 0.1) is 23.7 Å². The Balaban J connectivity index is 1.91. The molecule has 1 aliphatic rings. The minimum Gasteiger partial charge on any atom is -0.457 e. The average Bonchev–Trinajstić information content (AvgIpc) is 2.65. The van der Waals surface area contributed by atoms with E-state index in [1.807, 2.05) is 26.0 Å². The maximum Gasteiger partial charge on any atom is 0.336 e. The third kappa shape index (κ3) is 4.62. The SMILES string of the molecule is CCC1OC(C)[C@H](Nc2ccc3ccc(=O)oc3c2)C(OC(=O)C(C)(C)C)[C@H]1O. The number of carbonyl (C=O) groups excluding carboxylic acids is 1. The Bertz CT molecular complexity index is 931. The van der Waals surface area contributed by atoms with Crippen molar-refractivity contribution in [3.05, 3.63) is 40.8 Å². The summed E-state index contributed by atoms with van der Waals surface area (Å²) in [7, 11) is 0. The minimum atomic E-state index is -0.960. The number of aliphatic hydroxyl groups excluding tert-OH is 1. The van der Waals surface area contributed by atoms with E-state index in [1.54, 1.807) is 32.9 Å². The third-order valence-electron chi connectivity index (χ3n) is 5.18. The standard InChI is InChI=1S/C22H29NO6/c1-6-15-19(25)20(29-21(26)22(3,4)5)18(12(2)27-15)23-14-9-7-13-8-10-17(24)28-16(13)11-14/h7-12,15,18-20,23,25H,6H2,1-5H3/t12?,15?,18-,19-,20?/m0/s1. The van der Waals surface area contributed by atoms with Gasteiger partial charge in [0.1, 0.15) is 11.7 Å². The van der Waals surface area contributed by atoms with Crippen LogP contribution in [0.4, 0.5) is 5.69 Å². The van der Waals surface area contributed by atoms with Crippen LogP contribution in [0.5, 0.6) is 0 Å². The van der Waals surface area contributed by atoms with Crippen LogP contribution in [-0.4, -0.2) is 41.5 Å². The molecule has 158 valence electrons. The van der Waals surface area contributed by atoms with Gasteiger partial charge in [-0.2, -0.15) is 0 Å². The molecule has 0 saturated carbocycles. The molecular weight excluding hydrogens is 374 g/mol. The normalized spacial score (nSPS) is 27.6. The van der Waals surface area contributed by atoms with Gasteiger partial charge in [-0.05, 0) is 52.3 Å². The number of fused-ring (bicyclic) bond motifs is 1. The molecule has 0 spiro atoms. The molecule has 2 N–H and O–H groups in total. The molecule has 2 aromatic rings. The van der Waals surface area contributed by atoms with Gasteiger partial charge in [0.15, 0.2) is 6.10 Å². The number of rotatable bonds is 4. The molecule has 3 rings (SSSR count). The van der Waals surface area contributed by atoms with E-state index in [-0.39, 0.29) is 12.1 Å². The summed E-state index contributed by atoms with van der Waals surface area (Å²) >= 11 is 0. The molecule has 1 aromatic heterocycles. The van der Waals surface area contributed by atoms with Crippen LogP contribution in [-0.2, 0) is 14.3 Å². The number of anilines is 1. The fourth-order valence-electron chi connectivity index (χ4n) is 3.46. The summed E-state index contributed by atoms with van der Waals surface area (Å²) in [5, 5.41) is 14.9. The number of hydrogen-bond donors (Lipinski definition) is 2. The predicted octanol–water partition coefficient (Wildman–Crippen LogP) is 3.09. The van der Waals surface area contributed by atoms with Crippen LogP contribution in [0.25, 0.3) is 11.0 Å². The molecule has 3 unspecified atom stereocenters. The second-order valence-electron chi connectivity index (χ2n) is 8.58. The second-order valence-corrected chi connectivity index (χ2v) is 8.58. The number of nitrogens with one attached hydrogen (secondary N) is 1. The molecule has 1 saturated heterocycles. The zero-order chi connectivity index (χ0) is 21.3. The fourth-order valence-corrected chi connectivity index (χ4v) is 3.46. The smallest absolute Gasteiger partial charge is 0.336 e. The third-order valence-corrected chi connectivity index (χ3v) is 5.18. The maximum atomic E-state index is 12.5. The number of carbonyl (C=O) groups is 1. The van der Waals surface area contributed by atoms with E-state index in [0.717, 1.165) is 5.39 Å². The van der Waals surface area contributed by atoms with Crippen LogP contribution in [0.1, 0.15) is 41.0 Å². The predicted molar refractivity (Wildman–Crippen MR) is 110 cm³/mol. The monoisotopic (exact) mass is 403 g/mol. The molecule has 5 atom stereocenters. The van der Waals surface area contributed by atoms with Gasteiger partial charge in [-0.15, -0.1) is 0 Å². The molecule has 29 heavy (non-hydrogen) atoms. The fraction of sp³-hybridized carbons (Fsp3) is 0.545. The topological polar surface area (TPSA) is 98.0 Å². The average molecular weight is 403 g/mol. The van der Waals surface area contributed by atoms with E-state index < -0.39 is 35.4 Å². The van der Waals surface area contributed by atoms with Crippen molar-refractivity contribution in [2.75, 3.05) is 5.32 Å². The summed E-state index contributed by atoms with van der Waals surface area (Å²) in [5.41, 5.74) is -0.00422. The Kier molecular flexibility index (Phi) is 6.00. The summed E-state index contributed by atoms with van der Waals surface area (Å²) in [6.07, 6.45) is -1.88. The van der Waals surface area contributed by atoms with E-state index in [2.05, 4.69) is 5.32 Å². The first kappa shape index (κ1) is 21.3. The molecule has 0 bridgehead atoms. The lowest BCUT2D eigenvalue weighted by atomic mass is 9.90. The molecular formula is C22H29NO6. The maximum absolute atomic E-state index is 12.5. The van der Waals surface area contributed by atoms with Gasteiger partial charge in [-0.3, -0.25) is 4.79 Å². The van der Waals surface area contributed by atoms with Gasteiger partial charge < -0.3 is 24.3 Å². The van der Waals surface area contributed by atoms with Crippen molar-refractivity contribution in [2.24, 2.45) is 5.41 Å². The van der Waals surface area contributed by atoms with Crippen molar-refractivity contribution in [2.45, 2.75) is 71.5 Å². The Morgan fingerprint density at radius 2 is 1.93 bits per heavy atom. The van der Waals surface area contributed by atoms with Crippen molar-refractivity contribution >= 4 is 22.6 Å². The van der Waals surface area contributed by atoms with Gasteiger partial charge >= 0.3 is 11.6 Å².